The molecule has 146 valence electrons. The van der Waals surface area contributed by atoms with Crippen LogP contribution in [0.3, 0.4) is 0 Å². The van der Waals surface area contributed by atoms with Crippen LogP contribution in [0.2, 0.25) is 0 Å². The molecule has 0 fully saturated rings. The quantitative estimate of drug-likeness (QED) is 0.594. The van der Waals surface area contributed by atoms with Gasteiger partial charge in [0.15, 0.2) is 11.6 Å². The van der Waals surface area contributed by atoms with Crippen LogP contribution in [0.1, 0.15) is 35.6 Å². The Hall–Kier alpha value is -3.47. The summed E-state index contributed by atoms with van der Waals surface area (Å²) in [5.41, 5.74) is 5.30. The minimum Gasteiger partial charge on any atom is -0.511 e. The molecule has 0 amide bonds. The molecule has 0 radical (unpaired) electrons. The number of H-pyrrole nitrogens is 1. The van der Waals surface area contributed by atoms with Gasteiger partial charge in [-0.05, 0) is 30.9 Å². The number of aliphatic hydroxyl groups excluding tert-OH is 1. The predicted octanol–water partition coefficient (Wildman–Crippen LogP) is 5.35. The van der Waals surface area contributed by atoms with Crippen molar-refractivity contribution in [3.05, 3.63) is 82.8 Å². The highest BCUT2D eigenvalue weighted by atomic mass is 16.3. The average molecular weight is 385 g/mol. The van der Waals surface area contributed by atoms with E-state index >= 15 is 0 Å². The summed E-state index contributed by atoms with van der Waals surface area (Å²) < 4.78 is 0. The molecule has 1 heterocycles. The minimum absolute atomic E-state index is 0.00671. The van der Waals surface area contributed by atoms with E-state index in [0.29, 0.717) is 18.7 Å². The van der Waals surface area contributed by atoms with Crippen molar-refractivity contribution in [1.82, 2.24) is 10.2 Å². The molecule has 1 atom stereocenters. The Labute approximate surface area is 169 Å². The molecule has 1 aliphatic rings. The zero-order valence-electron chi connectivity index (χ0n) is 16.5. The molecule has 4 rings (SSSR count). The maximum absolute atomic E-state index is 12.7. The summed E-state index contributed by atoms with van der Waals surface area (Å²) in [6.07, 6.45) is 2.24. The highest BCUT2D eigenvalue weighted by molar-refractivity contribution is 6.15. The molecule has 0 spiro atoms. The van der Waals surface area contributed by atoms with E-state index in [9.17, 15) is 9.90 Å². The Balaban J connectivity index is 1.60. The number of hydrogen-bond donors (Lipinski definition) is 2. The lowest BCUT2D eigenvalue weighted by atomic mass is 9.83. The number of nitrogens with zero attached hydrogens (tertiary/aromatic N) is 2. The zero-order chi connectivity index (χ0) is 20.4. The lowest BCUT2D eigenvalue weighted by molar-refractivity contribution is -0.116. The van der Waals surface area contributed by atoms with E-state index in [1.165, 1.54) is 11.8 Å². The molecule has 1 unspecified atom stereocenters. The molecule has 0 saturated carbocycles. The fraction of sp³-hybridized carbons (Fsp3) is 0.208. The molecule has 1 aliphatic carbocycles. The molecule has 0 saturated heterocycles. The molecule has 3 aromatic rings. The number of aliphatic hydroxyl groups is 1. The number of ketones is 1. The number of nitrogens with one attached hydrogen (secondary N) is 1. The molecule has 2 aromatic carbocycles. The number of benzene rings is 2. The Bertz CT molecular complexity index is 1090. The first-order chi connectivity index (χ1) is 14.0. The van der Waals surface area contributed by atoms with Gasteiger partial charge in [-0.1, -0.05) is 60.2 Å². The molecule has 5 nitrogen and oxygen atoms in total. The van der Waals surface area contributed by atoms with Gasteiger partial charge in [-0.3, -0.25) is 9.89 Å². The van der Waals surface area contributed by atoms with Gasteiger partial charge in [-0.25, -0.2) is 4.99 Å². The first-order valence-electron chi connectivity index (χ1n) is 9.69. The van der Waals surface area contributed by atoms with Crippen LogP contribution < -0.4 is 0 Å². The number of rotatable bonds is 4. The Morgan fingerprint density at radius 1 is 1.07 bits per heavy atom. The number of allylic oxidation sites excluding steroid dienone is 2. The second-order valence-corrected chi connectivity index (χ2v) is 7.47. The van der Waals surface area contributed by atoms with Gasteiger partial charge in [0.1, 0.15) is 5.76 Å². The summed E-state index contributed by atoms with van der Waals surface area (Å²) in [5, 5.41) is 17.7. The third kappa shape index (κ3) is 3.90. The number of carbonyl (C=O) groups is 1. The number of aryl methyl sites for hydroxylation is 2. The average Bonchev–Trinajstić information content (AvgIpc) is 3.09. The number of Topliss-reactive ketones (excluding diaryl/α,β-unsaturated/α-hetero) is 1. The van der Waals surface area contributed by atoms with Crippen molar-refractivity contribution in [3.63, 3.8) is 0 Å². The van der Waals surface area contributed by atoms with Crippen LogP contribution in [0, 0.1) is 13.8 Å². The first-order valence-corrected chi connectivity index (χ1v) is 9.69. The van der Waals surface area contributed by atoms with Crippen molar-refractivity contribution in [1.29, 1.82) is 0 Å². The first kappa shape index (κ1) is 18.9. The highest BCUT2D eigenvalue weighted by Crippen LogP contribution is 2.34. The molecular weight excluding hydrogens is 362 g/mol. The second-order valence-electron chi connectivity index (χ2n) is 7.47. The molecule has 0 bridgehead atoms. The summed E-state index contributed by atoms with van der Waals surface area (Å²) in [6, 6.07) is 18.0. The van der Waals surface area contributed by atoms with Crippen LogP contribution in [0.4, 0.5) is 5.82 Å². The molecule has 2 N–H and O–H groups in total. The predicted molar refractivity (Wildman–Crippen MR) is 115 cm³/mol. The highest BCUT2D eigenvalue weighted by Gasteiger charge is 2.28. The topological polar surface area (TPSA) is 78.3 Å². The van der Waals surface area contributed by atoms with E-state index in [0.717, 1.165) is 22.4 Å². The van der Waals surface area contributed by atoms with E-state index in [-0.39, 0.29) is 23.0 Å². The van der Waals surface area contributed by atoms with E-state index in [4.69, 9.17) is 0 Å². The Kier molecular flexibility index (Phi) is 5.12. The smallest absolute Gasteiger partial charge is 0.181 e. The van der Waals surface area contributed by atoms with E-state index in [1.807, 2.05) is 68.4 Å². The van der Waals surface area contributed by atoms with E-state index < -0.39 is 0 Å². The monoisotopic (exact) mass is 385 g/mol. The summed E-state index contributed by atoms with van der Waals surface area (Å²) in [7, 11) is 0. The van der Waals surface area contributed by atoms with Crippen molar-refractivity contribution >= 4 is 17.8 Å². The van der Waals surface area contributed by atoms with Crippen LogP contribution in [0.15, 0.2) is 70.9 Å². The van der Waals surface area contributed by atoms with E-state index in [1.54, 1.807) is 0 Å². The zero-order valence-corrected chi connectivity index (χ0v) is 16.5. The number of aromatic nitrogens is 2. The fourth-order valence-electron chi connectivity index (χ4n) is 3.72. The van der Waals surface area contributed by atoms with Gasteiger partial charge >= 0.3 is 0 Å². The fourth-order valence-corrected chi connectivity index (χ4v) is 3.72. The standard InChI is InChI=1S/C24H23N3O2/c1-15-8-10-17(11-9-15)19-12-21(28)20(22(29)13-19)14-25-24-23(16(2)26-27-24)18-6-4-3-5-7-18/h3-11,14,19,28H,12-13H2,1-2H3,(H,26,27). The van der Waals surface area contributed by atoms with Crippen LogP contribution in [-0.2, 0) is 4.79 Å². The Morgan fingerprint density at radius 3 is 2.48 bits per heavy atom. The summed E-state index contributed by atoms with van der Waals surface area (Å²) in [6.45, 7) is 3.96. The minimum atomic E-state index is -0.100. The van der Waals surface area contributed by atoms with Crippen molar-refractivity contribution in [2.24, 2.45) is 4.99 Å². The number of carbonyl (C=O) groups excluding carboxylic acids is 1. The summed E-state index contributed by atoms with van der Waals surface area (Å²) in [4.78, 5) is 17.1. The maximum Gasteiger partial charge on any atom is 0.181 e. The molecular formula is C24H23N3O2. The number of hydrogen-bond acceptors (Lipinski definition) is 4. The molecule has 5 heteroatoms. The van der Waals surface area contributed by atoms with Gasteiger partial charge in [0.05, 0.1) is 5.57 Å². The lowest BCUT2D eigenvalue weighted by Gasteiger charge is -2.22. The van der Waals surface area contributed by atoms with Gasteiger partial charge < -0.3 is 5.11 Å². The van der Waals surface area contributed by atoms with Crippen molar-refractivity contribution in [3.8, 4) is 11.1 Å². The Morgan fingerprint density at radius 2 is 1.79 bits per heavy atom. The van der Waals surface area contributed by atoms with Gasteiger partial charge in [0.25, 0.3) is 0 Å². The number of aliphatic imine (C=N–C) groups is 1. The van der Waals surface area contributed by atoms with Crippen LogP contribution in [0.25, 0.3) is 11.1 Å². The van der Waals surface area contributed by atoms with Crippen molar-refractivity contribution in [2.75, 3.05) is 0 Å². The van der Waals surface area contributed by atoms with Gasteiger partial charge in [0.2, 0.25) is 0 Å². The van der Waals surface area contributed by atoms with Crippen LogP contribution >= 0.6 is 0 Å². The largest absolute Gasteiger partial charge is 0.511 e. The summed E-state index contributed by atoms with van der Waals surface area (Å²) in [5.74, 6) is 0.482. The normalized spacial score (nSPS) is 17.3. The van der Waals surface area contributed by atoms with Crippen LogP contribution in [-0.4, -0.2) is 27.3 Å². The second kappa shape index (κ2) is 7.87. The SMILES string of the molecule is Cc1ccc(C2CC(=O)C(C=Nc3n[nH]c(C)c3-c3ccccc3)=C(O)C2)cc1. The third-order valence-corrected chi connectivity index (χ3v) is 5.34. The van der Waals surface area contributed by atoms with E-state index in [2.05, 4.69) is 15.2 Å². The third-order valence-electron chi connectivity index (χ3n) is 5.34. The van der Waals surface area contributed by atoms with Crippen molar-refractivity contribution < 1.29 is 9.90 Å². The molecule has 29 heavy (non-hydrogen) atoms. The number of aromatic amines is 1. The van der Waals surface area contributed by atoms with Gasteiger partial charge in [-0.15, -0.1) is 0 Å². The molecule has 0 aliphatic heterocycles. The summed E-state index contributed by atoms with van der Waals surface area (Å²) >= 11 is 0. The van der Waals surface area contributed by atoms with Gasteiger partial charge in [-0.2, -0.15) is 5.10 Å². The van der Waals surface area contributed by atoms with Gasteiger partial charge in [0, 0.05) is 30.3 Å². The van der Waals surface area contributed by atoms with Crippen molar-refractivity contribution in [2.45, 2.75) is 32.6 Å². The van der Waals surface area contributed by atoms with Crippen LogP contribution in [0.5, 0.6) is 0 Å². The molecule has 1 aromatic heterocycles. The lowest BCUT2D eigenvalue weighted by Crippen LogP contribution is -2.19. The maximum atomic E-state index is 12.7.